The molecule has 2 N–H and O–H groups in total. The molecule has 2 amide bonds. The minimum absolute atomic E-state index is 0.130. The third-order valence-electron chi connectivity index (χ3n) is 2.23. The number of para-hydroxylation sites is 1. The molecule has 1 rings (SSSR count). The number of carbonyl (C=O) groups is 2. The van der Waals surface area contributed by atoms with Crippen molar-refractivity contribution in [2.45, 2.75) is 6.42 Å². The maximum atomic E-state index is 11.6. The lowest BCUT2D eigenvalue weighted by molar-refractivity contribution is -0.115. The summed E-state index contributed by atoms with van der Waals surface area (Å²) in [4.78, 5) is 22.4. The van der Waals surface area contributed by atoms with E-state index in [-0.39, 0.29) is 12.5 Å². The molecule has 0 bridgehead atoms. The fourth-order valence-electron chi connectivity index (χ4n) is 1.39. The first kappa shape index (κ1) is 13.8. The summed E-state index contributed by atoms with van der Waals surface area (Å²) in [6.45, 7) is 3.53. The number of nitrogens with one attached hydrogen (secondary N) is 2. The maximum absolute atomic E-state index is 11.6. The van der Waals surface area contributed by atoms with E-state index in [1.54, 1.807) is 12.1 Å². The molecule has 5 heteroatoms. The van der Waals surface area contributed by atoms with Gasteiger partial charge in [-0.15, -0.1) is 6.58 Å². The number of benzene rings is 1. The minimum Gasteiger partial charge on any atom is -0.453 e. The quantitative estimate of drug-likeness (QED) is 0.779. The van der Waals surface area contributed by atoms with Crippen LogP contribution in [0.25, 0.3) is 0 Å². The normalized spacial score (nSPS) is 9.39. The standard InChI is InChI=1S/C13H16N2O3/c1-3-6-10-7-4-5-8-11(10)15-12(16)9-14-13(17)18-2/h3-5,7-8H,1,6,9H2,2H3,(H,14,17)(H,15,16). The van der Waals surface area contributed by atoms with Crippen LogP contribution in [-0.2, 0) is 16.0 Å². The van der Waals surface area contributed by atoms with Crippen LogP contribution < -0.4 is 10.6 Å². The van der Waals surface area contributed by atoms with E-state index in [0.717, 1.165) is 5.56 Å². The van der Waals surface area contributed by atoms with Crippen molar-refractivity contribution >= 4 is 17.7 Å². The molecule has 0 aliphatic carbocycles. The van der Waals surface area contributed by atoms with Crippen LogP contribution in [0.3, 0.4) is 0 Å². The Morgan fingerprint density at radius 3 is 2.78 bits per heavy atom. The van der Waals surface area contributed by atoms with Crippen molar-refractivity contribution < 1.29 is 14.3 Å². The van der Waals surface area contributed by atoms with E-state index in [0.29, 0.717) is 12.1 Å². The average Bonchev–Trinajstić information content (AvgIpc) is 2.38. The van der Waals surface area contributed by atoms with Crippen molar-refractivity contribution in [2.24, 2.45) is 0 Å². The second-order valence-corrected chi connectivity index (χ2v) is 3.54. The van der Waals surface area contributed by atoms with Crippen LogP contribution in [0.1, 0.15) is 5.56 Å². The van der Waals surface area contributed by atoms with E-state index in [2.05, 4.69) is 21.9 Å². The highest BCUT2D eigenvalue weighted by molar-refractivity contribution is 5.94. The third-order valence-corrected chi connectivity index (χ3v) is 2.23. The number of carbonyl (C=O) groups excluding carboxylic acids is 2. The SMILES string of the molecule is C=CCc1ccccc1NC(=O)CNC(=O)OC. The molecule has 0 unspecified atom stereocenters. The van der Waals surface area contributed by atoms with Crippen LogP contribution in [0.4, 0.5) is 10.5 Å². The van der Waals surface area contributed by atoms with Crippen LogP contribution in [0.15, 0.2) is 36.9 Å². The molecule has 0 aromatic heterocycles. The van der Waals surface area contributed by atoms with Gasteiger partial charge >= 0.3 is 6.09 Å². The first-order chi connectivity index (χ1) is 8.67. The number of ether oxygens (including phenoxy) is 1. The van der Waals surface area contributed by atoms with Crippen LogP contribution in [0.5, 0.6) is 0 Å². The number of hydrogen-bond donors (Lipinski definition) is 2. The average molecular weight is 248 g/mol. The molecule has 0 aliphatic heterocycles. The molecule has 0 radical (unpaired) electrons. The van der Waals surface area contributed by atoms with Gasteiger partial charge in [0.05, 0.1) is 7.11 Å². The first-order valence-electron chi connectivity index (χ1n) is 5.48. The van der Waals surface area contributed by atoms with Gasteiger partial charge < -0.3 is 15.4 Å². The molecule has 0 heterocycles. The number of anilines is 1. The van der Waals surface area contributed by atoms with Crippen LogP contribution >= 0.6 is 0 Å². The van der Waals surface area contributed by atoms with Gasteiger partial charge in [-0.05, 0) is 18.1 Å². The summed E-state index contributed by atoms with van der Waals surface area (Å²) >= 11 is 0. The zero-order valence-corrected chi connectivity index (χ0v) is 10.2. The molecule has 1 aromatic rings. The Morgan fingerprint density at radius 2 is 2.11 bits per heavy atom. The summed E-state index contributed by atoms with van der Waals surface area (Å²) in [7, 11) is 1.24. The summed E-state index contributed by atoms with van der Waals surface area (Å²) < 4.78 is 4.37. The fourth-order valence-corrected chi connectivity index (χ4v) is 1.39. The Kier molecular flexibility index (Phi) is 5.44. The number of hydrogen-bond acceptors (Lipinski definition) is 3. The number of allylic oxidation sites excluding steroid dienone is 1. The molecule has 0 aliphatic rings. The molecule has 0 saturated heterocycles. The maximum Gasteiger partial charge on any atom is 0.407 e. The van der Waals surface area contributed by atoms with Crippen molar-refractivity contribution in [3.8, 4) is 0 Å². The van der Waals surface area contributed by atoms with E-state index in [4.69, 9.17) is 0 Å². The Morgan fingerprint density at radius 1 is 1.39 bits per heavy atom. The molecule has 18 heavy (non-hydrogen) atoms. The fraction of sp³-hybridized carbons (Fsp3) is 0.231. The summed E-state index contributed by atoms with van der Waals surface area (Å²) in [5.74, 6) is -0.308. The van der Waals surface area contributed by atoms with Gasteiger partial charge in [-0.25, -0.2) is 4.79 Å². The van der Waals surface area contributed by atoms with E-state index in [9.17, 15) is 9.59 Å². The molecule has 0 atom stereocenters. The largest absolute Gasteiger partial charge is 0.453 e. The lowest BCUT2D eigenvalue weighted by atomic mass is 10.1. The highest BCUT2D eigenvalue weighted by atomic mass is 16.5. The van der Waals surface area contributed by atoms with Crippen LogP contribution in [0.2, 0.25) is 0 Å². The van der Waals surface area contributed by atoms with Crippen molar-refractivity contribution in [1.82, 2.24) is 5.32 Å². The van der Waals surface area contributed by atoms with Crippen molar-refractivity contribution in [1.29, 1.82) is 0 Å². The van der Waals surface area contributed by atoms with Gasteiger partial charge in [0.25, 0.3) is 0 Å². The lowest BCUT2D eigenvalue weighted by Gasteiger charge is -2.10. The van der Waals surface area contributed by atoms with Crippen LogP contribution in [-0.4, -0.2) is 25.7 Å². The summed E-state index contributed by atoms with van der Waals surface area (Å²) in [6, 6.07) is 7.43. The summed E-state index contributed by atoms with van der Waals surface area (Å²) in [5, 5.41) is 5.03. The second kappa shape index (κ2) is 7.11. The van der Waals surface area contributed by atoms with Crippen molar-refractivity contribution in [3.63, 3.8) is 0 Å². The number of alkyl carbamates (subject to hydrolysis) is 1. The van der Waals surface area contributed by atoms with E-state index in [1.807, 2.05) is 18.2 Å². The molecule has 96 valence electrons. The van der Waals surface area contributed by atoms with Gasteiger partial charge in [0.2, 0.25) is 5.91 Å². The smallest absolute Gasteiger partial charge is 0.407 e. The summed E-state index contributed by atoms with van der Waals surface area (Å²) in [6.07, 6.45) is 1.79. The van der Waals surface area contributed by atoms with Gasteiger partial charge in [-0.2, -0.15) is 0 Å². The molecule has 1 aromatic carbocycles. The van der Waals surface area contributed by atoms with Gasteiger partial charge in [0.15, 0.2) is 0 Å². The number of methoxy groups -OCH3 is 1. The van der Waals surface area contributed by atoms with Gasteiger partial charge in [0.1, 0.15) is 6.54 Å². The second-order valence-electron chi connectivity index (χ2n) is 3.54. The first-order valence-corrected chi connectivity index (χ1v) is 5.48. The van der Waals surface area contributed by atoms with E-state index in [1.165, 1.54) is 7.11 Å². The molecular formula is C13H16N2O3. The Bertz CT molecular complexity index is 444. The molecule has 0 fully saturated rings. The van der Waals surface area contributed by atoms with Crippen LogP contribution in [0, 0.1) is 0 Å². The minimum atomic E-state index is -0.635. The third kappa shape index (κ3) is 4.29. The highest BCUT2D eigenvalue weighted by Crippen LogP contribution is 2.15. The van der Waals surface area contributed by atoms with E-state index < -0.39 is 6.09 Å². The Hall–Kier alpha value is -2.30. The zero-order valence-electron chi connectivity index (χ0n) is 10.2. The molecule has 5 nitrogen and oxygen atoms in total. The monoisotopic (exact) mass is 248 g/mol. The molecule has 0 spiro atoms. The predicted octanol–water partition coefficient (Wildman–Crippen LogP) is 1.71. The van der Waals surface area contributed by atoms with Crippen molar-refractivity contribution in [2.75, 3.05) is 19.0 Å². The Balaban J connectivity index is 2.58. The molecule has 0 saturated carbocycles. The van der Waals surface area contributed by atoms with E-state index >= 15 is 0 Å². The lowest BCUT2D eigenvalue weighted by Crippen LogP contribution is -2.32. The topological polar surface area (TPSA) is 67.4 Å². The van der Waals surface area contributed by atoms with Gasteiger partial charge in [0, 0.05) is 5.69 Å². The molecular weight excluding hydrogens is 232 g/mol. The number of rotatable bonds is 5. The predicted molar refractivity (Wildman–Crippen MR) is 69.4 cm³/mol. The van der Waals surface area contributed by atoms with Gasteiger partial charge in [-0.3, -0.25) is 4.79 Å². The van der Waals surface area contributed by atoms with Crippen molar-refractivity contribution in [3.05, 3.63) is 42.5 Å². The Labute approximate surface area is 106 Å². The zero-order chi connectivity index (χ0) is 13.4. The summed E-state index contributed by atoms with van der Waals surface area (Å²) in [5.41, 5.74) is 1.69. The van der Waals surface area contributed by atoms with Gasteiger partial charge in [-0.1, -0.05) is 24.3 Å². The highest BCUT2D eigenvalue weighted by Gasteiger charge is 2.07. The number of amides is 2.